The van der Waals surface area contributed by atoms with E-state index < -0.39 is 12.0 Å². The van der Waals surface area contributed by atoms with Gasteiger partial charge in [0, 0.05) is 31.4 Å². The molecular weight excluding hydrogens is 434 g/mol. The third-order valence-electron chi connectivity index (χ3n) is 5.67. The van der Waals surface area contributed by atoms with Gasteiger partial charge in [-0.25, -0.2) is 9.59 Å². The lowest BCUT2D eigenvalue weighted by atomic mass is 9.93. The number of methoxy groups -OCH3 is 2. The number of nitrogens with one attached hydrogen (secondary N) is 1. The molecule has 1 aliphatic rings. The zero-order valence-electron chi connectivity index (χ0n) is 20.5. The Morgan fingerprint density at radius 1 is 1.03 bits per heavy atom. The Morgan fingerprint density at radius 3 is 2.24 bits per heavy atom. The van der Waals surface area contributed by atoms with Crippen molar-refractivity contribution in [2.24, 2.45) is 0 Å². The Morgan fingerprint density at radius 2 is 1.68 bits per heavy atom. The molecule has 34 heavy (non-hydrogen) atoms. The molecule has 2 amide bonds. The molecule has 8 heteroatoms. The summed E-state index contributed by atoms with van der Waals surface area (Å²) in [5, 5.41) is 2.98. The number of carbonyl (C=O) groups excluding carboxylic acids is 2. The van der Waals surface area contributed by atoms with E-state index in [4.69, 9.17) is 14.2 Å². The van der Waals surface area contributed by atoms with Gasteiger partial charge in [0.05, 0.1) is 32.4 Å². The Bertz CT molecular complexity index is 1020. The van der Waals surface area contributed by atoms with Crippen LogP contribution in [0.15, 0.2) is 59.8 Å². The number of hydrogen-bond acceptors (Lipinski definition) is 6. The molecule has 0 saturated heterocycles. The average molecular weight is 468 g/mol. The molecule has 3 rings (SSSR count). The lowest BCUT2D eigenvalue weighted by molar-refractivity contribution is -0.139. The summed E-state index contributed by atoms with van der Waals surface area (Å²) in [6.45, 7) is 5.34. The zero-order valence-corrected chi connectivity index (χ0v) is 20.5. The number of benzene rings is 2. The van der Waals surface area contributed by atoms with Crippen molar-refractivity contribution >= 4 is 12.0 Å². The van der Waals surface area contributed by atoms with Crippen molar-refractivity contribution in [2.75, 3.05) is 41.0 Å². The minimum atomic E-state index is -0.710. The quantitative estimate of drug-likeness (QED) is 0.536. The average Bonchev–Trinajstić information content (AvgIpc) is 2.84. The maximum atomic E-state index is 13.3. The molecule has 0 spiro atoms. The van der Waals surface area contributed by atoms with Crippen molar-refractivity contribution in [1.29, 1.82) is 0 Å². The van der Waals surface area contributed by atoms with Gasteiger partial charge in [0.1, 0.15) is 11.5 Å². The van der Waals surface area contributed by atoms with Crippen LogP contribution in [0.25, 0.3) is 0 Å². The van der Waals surface area contributed by atoms with E-state index in [1.807, 2.05) is 44.3 Å². The van der Waals surface area contributed by atoms with Crippen molar-refractivity contribution in [3.8, 4) is 11.5 Å². The van der Waals surface area contributed by atoms with Gasteiger partial charge in [0.2, 0.25) is 0 Å². The van der Waals surface area contributed by atoms with Crippen LogP contribution in [-0.2, 0) is 16.1 Å². The molecule has 2 aromatic rings. The summed E-state index contributed by atoms with van der Waals surface area (Å²) in [5.74, 6) is 0.663. The van der Waals surface area contributed by atoms with Crippen molar-refractivity contribution in [3.63, 3.8) is 0 Å². The number of ether oxygens (including phenoxy) is 3. The first kappa shape index (κ1) is 25.1. The highest BCUT2D eigenvalue weighted by molar-refractivity contribution is 5.95. The first-order valence-corrected chi connectivity index (χ1v) is 11.3. The summed E-state index contributed by atoms with van der Waals surface area (Å²) in [4.78, 5) is 30.1. The SMILES string of the molecule is CCOC(=O)C1=C(CN(C)Cc2ccccc2)N(CC)C(=O)NC1c1cc(OC)cc(OC)c1. The van der Waals surface area contributed by atoms with Gasteiger partial charge in [-0.1, -0.05) is 30.3 Å². The fourth-order valence-electron chi connectivity index (χ4n) is 4.11. The summed E-state index contributed by atoms with van der Waals surface area (Å²) in [6.07, 6.45) is 0. The second-order valence-corrected chi connectivity index (χ2v) is 8.01. The summed E-state index contributed by atoms with van der Waals surface area (Å²) in [6, 6.07) is 14.4. The van der Waals surface area contributed by atoms with Gasteiger partial charge in [-0.15, -0.1) is 0 Å². The predicted molar refractivity (Wildman–Crippen MR) is 130 cm³/mol. The third-order valence-corrected chi connectivity index (χ3v) is 5.67. The van der Waals surface area contributed by atoms with Crippen LogP contribution in [0.1, 0.15) is 31.0 Å². The van der Waals surface area contributed by atoms with Gasteiger partial charge in [0.25, 0.3) is 0 Å². The lowest BCUT2D eigenvalue weighted by Crippen LogP contribution is -2.50. The van der Waals surface area contributed by atoms with E-state index in [9.17, 15) is 9.59 Å². The van der Waals surface area contributed by atoms with Gasteiger partial charge < -0.3 is 19.5 Å². The summed E-state index contributed by atoms with van der Waals surface area (Å²) in [5.41, 5.74) is 2.83. The van der Waals surface area contributed by atoms with E-state index in [-0.39, 0.29) is 12.6 Å². The number of carbonyl (C=O) groups is 2. The number of urea groups is 1. The van der Waals surface area contributed by atoms with E-state index in [0.29, 0.717) is 48.0 Å². The van der Waals surface area contributed by atoms with Gasteiger partial charge in [-0.05, 0) is 44.2 Å². The highest BCUT2D eigenvalue weighted by atomic mass is 16.5. The van der Waals surface area contributed by atoms with Gasteiger partial charge in [0.15, 0.2) is 0 Å². The van der Waals surface area contributed by atoms with Crippen LogP contribution in [0.5, 0.6) is 11.5 Å². The molecule has 0 saturated carbocycles. The van der Waals surface area contributed by atoms with Gasteiger partial charge >= 0.3 is 12.0 Å². The Kier molecular flexibility index (Phi) is 8.54. The second kappa shape index (κ2) is 11.6. The first-order chi connectivity index (χ1) is 16.4. The number of rotatable bonds is 10. The second-order valence-electron chi connectivity index (χ2n) is 8.01. The molecule has 0 aliphatic carbocycles. The zero-order chi connectivity index (χ0) is 24.7. The topological polar surface area (TPSA) is 80.3 Å². The Balaban J connectivity index is 2.09. The van der Waals surface area contributed by atoms with Crippen LogP contribution in [0, 0.1) is 0 Å². The molecule has 0 bridgehead atoms. The number of esters is 1. The van der Waals surface area contributed by atoms with Crippen molar-refractivity contribution in [3.05, 3.63) is 70.9 Å². The molecule has 1 unspecified atom stereocenters. The molecule has 8 nitrogen and oxygen atoms in total. The highest BCUT2D eigenvalue weighted by Crippen LogP contribution is 2.35. The number of nitrogens with zero attached hydrogens (tertiary/aromatic N) is 2. The summed E-state index contributed by atoms with van der Waals surface area (Å²) >= 11 is 0. The molecule has 2 aromatic carbocycles. The largest absolute Gasteiger partial charge is 0.497 e. The standard InChI is InChI=1S/C26H33N3O5/c1-6-29-22(17-28(3)16-18-11-9-8-10-12-18)23(25(30)34-7-2)24(27-26(29)31)19-13-20(32-4)15-21(14-19)33-5/h8-15,24H,6-7,16-17H2,1-5H3,(H,27,31). The minimum Gasteiger partial charge on any atom is -0.497 e. The smallest absolute Gasteiger partial charge is 0.338 e. The number of hydrogen-bond donors (Lipinski definition) is 1. The first-order valence-electron chi connectivity index (χ1n) is 11.3. The van der Waals surface area contributed by atoms with Crippen molar-refractivity contribution in [2.45, 2.75) is 26.4 Å². The molecule has 1 atom stereocenters. The van der Waals surface area contributed by atoms with Crippen LogP contribution in [0.4, 0.5) is 4.79 Å². The number of amides is 2. The Hall–Kier alpha value is -3.52. The molecular formula is C26H33N3O5. The van der Waals surface area contributed by atoms with E-state index >= 15 is 0 Å². The van der Waals surface area contributed by atoms with E-state index in [0.717, 1.165) is 5.56 Å². The molecule has 0 radical (unpaired) electrons. The third kappa shape index (κ3) is 5.69. The monoisotopic (exact) mass is 467 g/mol. The summed E-state index contributed by atoms with van der Waals surface area (Å²) < 4.78 is 16.3. The molecule has 1 heterocycles. The molecule has 0 aromatic heterocycles. The highest BCUT2D eigenvalue weighted by Gasteiger charge is 2.38. The maximum absolute atomic E-state index is 13.3. The fourth-order valence-corrected chi connectivity index (χ4v) is 4.11. The van der Waals surface area contributed by atoms with Crippen LogP contribution in [-0.4, -0.2) is 62.8 Å². The normalized spacial score (nSPS) is 15.9. The molecule has 0 fully saturated rings. The fraction of sp³-hybridized carbons (Fsp3) is 0.385. The molecule has 1 aliphatic heterocycles. The minimum absolute atomic E-state index is 0.226. The van der Waals surface area contributed by atoms with E-state index in [1.54, 1.807) is 44.2 Å². The maximum Gasteiger partial charge on any atom is 0.338 e. The molecule has 1 N–H and O–H groups in total. The van der Waals surface area contributed by atoms with Gasteiger partial charge in [-0.2, -0.15) is 0 Å². The van der Waals surface area contributed by atoms with Crippen LogP contribution in [0.2, 0.25) is 0 Å². The summed E-state index contributed by atoms with van der Waals surface area (Å²) in [7, 11) is 5.08. The van der Waals surface area contributed by atoms with Crippen LogP contribution >= 0.6 is 0 Å². The van der Waals surface area contributed by atoms with Crippen LogP contribution < -0.4 is 14.8 Å². The van der Waals surface area contributed by atoms with Crippen molar-refractivity contribution < 1.29 is 23.8 Å². The van der Waals surface area contributed by atoms with Crippen LogP contribution in [0.3, 0.4) is 0 Å². The predicted octanol–water partition coefficient (Wildman–Crippen LogP) is 3.74. The van der Waals surface area contributed by atoms with E-state index in [2.05, 4.69) is 10.2 Å². The van der Waals surface area contributed by atoms with E-state index in [1.165, 1.54) is 0 Å². The number of likely N-dealkylation sites (N-methyl/N-ethyl adjacent to an activating group) is 2. The Labute approximate surface area is 201 Å². The molecule has 182 valence electrons. The lowest BCUT2D eigenvalue weighted by Gasteiger charge is -2.37. The van der Waals surface area contributed by atoms with Crippen molar-refractivity contribution in [1.82, 2.24) is 15.1 Å². The van der Waals surface area contributed by atoms with Gasteiger partial charge in [-0.3, -0.25) is 9.80 Å².